The summed E-state index contributed by atoms with van der Waals surface area (Å²) in [6, 6.07) is 16.3. The summed E-state index contributed by atoms with van der Waals surface area (Å²) in [5.74, 6) is 0. The van der Waals surface area contributed by atoms with Crippen molar-refractivity contribution in [2.24, 2.45) is 0 Å². The lowest BCUT2D eigenvalue weighted by Gasteiger charge is -2.03. The molecule has 0 atom stereocenters. The van der Waals surface area contributed by atoms with Crippen molar-refractivity contribution in [2.75, 3.05) is 0 Å². The van der Waals surface area contributed by atoms with E-state index in [0.29, 0.717) is 0 Å². The highest BCUT2D eigenvalue weighted by Crippen LogP contribution is 2.11. The van der Waals surface area contributed by atoms with Crippen LogP contribution in [0.5, 0.6) is 0 Å². The summed E-state index contributed by atoms with van der Waals surface area (Å²) in [5, 5.41) is 8.25. The molecule has 1 aromatic heterocycles. The van der Waals surface area contributed by atoms with Gasteiger partial charge in [0.2, 0.25) is 0 Å². The predicted molar refractivity (Wildman–Crippen MR) is 58.7 cm³/mol. The highest BCUT2D eigenvalue weighted by atomic mass is 15.4. The van der Waals surface area contributed by atoms with E-state index in [-0.39, 0.29) is 0 Å². The van der Waals surface area contributed by atoms with Gasteiger partial charge in [-0.25, -0.2) is 12.1 Å². The van der Waals surface area contributed by atoms with Gasteiger partial charge in [-0.3, -0.25) is 4.68 Å². The molecular formula is C12H10N3-. The van der Waals surface area contributed by atoms with Gasteiger partial charge in [0, 0.05) is 6.54 Å². The van der Waals surface area contributed by atoms with Crippen LogP contribution in [0.3, 0.4) is 0 Å². The fourth-order valence-electron chi connectivity index (χ4n) is 1.73. The van der Waals surface area contributed by atoms with Crippen LogP contribution in [0.1, 0.15) is 5.56 Å². The van der Waals surface area contributed by atoms with Crippen LogP contribution in [-0.4, -0.2) is 15.0 Å². The van der Waals surface area contributed by atoms with Crippen LogP contribution in [0.25, 0.3) is 11.0 Å². The topological polar surface area (TPSA) is 30.7 Å². The van der Waals surface area contributed by atoms with E-state index in [0.717, 1.165) is 17.6 Å². The van der Waals surface area contributed by atoms with E-state index in [9.17, 15) is 0 Å². The zero-order valence-electron chi connectivity index (χ0n) is 8.17. The number of hydrogen-bond donors (Lipinski definition) is 0. The number of nitrogens with zero attached hydrogens (tertiary/aromatic N) is 3. The molecule has 1 heterocycles. The van der Waals surface area contributed by atoms with E-state index in [4.69, 9.17) is 0 Å². The van der Waals surface area contributed by atoms with E-state index in [1.165, 1.54) is 5.56 Å². The molecule has 3 heteroatoms. The second-order valence-electron chi connectivity index (χ2n) is 3.53. The zero-order chi connectivity index (χ0) is 10.1. The first-order valence-electron chi connectivity index (χ1n) is 4.92. The van der Waals surface area contributed by atoms with Crippen LogP contribution in [0.15, 0.2) is 48.5 Å². The van der Waals surface area contributed by atoms with Crippen LogP contribution < -0.4 is 0 Å². The third-order valence-electron chi connectivity index (χ3n) is 2.48. The Labute approximate surface area is 87.3 Å². The third-order valence-corrected chi connectivity index (χ3v) is 2.48. The van der Waals surface area contributed by atoms with E-state index in [1.54, 1.807) is 0 Å². The minimum atomic E-state index is 0.785. The van der Waals surface area contributed by atoms with E-state index in [2.05, 4.69) is 22.4 Å². The molecule has 0 radical (unpaired) electrons. The van der Waals surface area contributed by atoms with Crippen LogP contribution in [0.4, 0.5) is 0 Å². The maximum absolute atomic E-state index is 4.14. The molecule has 3 rings (SSSR count). The maximum atomic E-state index is 4.14. The van der Waals surface area contributed by atoms with Gasteiger partial charge in [0.15, 0.2) is 0 Å². The second kappa shape index (κ2) is 3.28. The van der Waals surface area contributed by atoms with Crippen LogP contribution in [0, 0.1) is 0 Å². The van der Waals surface area contributed by atoms with E-state index in [1.807, 2.05) is 41.1 Å². The van der Waals surface area contributed by atoms with Gasteiger partial charge in [0.05, 0.1) is 5.52 Å². The fourth-order valence-corrected chi connectivity index (χ4v) is 1.73. The lowest BCUT2D eigenvalue weighted by molar-refractivity contribution is 0.671. The minimum absolute atomic E-state index is 0.785. The van der Waals surface area contributed by atoms with E-state index >= 15 is 0 Å². The molecule has 0 spiro atoms. The molecule has 0 unspecified atom stereocenters. The molecule has 0 saturated heterocycles. The molecule has 0 N–H and O–H groups in total. The fraction of sp³-hybridized carbons (Fsp3) is 0.0833. The number of rotatable bonds is 2. The standard InChI is InChI=1S/C12H10N3/c1-2-6-10(5-1)9-15-12-8-4-3-7-11(12)13-14-15/h1-8H,9H2/q-1. The molecule has 0 fully saturated rings. The van der Waals surface area contributed by atoms with Crippen molar-refractivity contribution in [2.45, 2.75) is 6.54 Å². The van der Waals surface area contributed by atoms with Gasteiger partial charge in [0.1, 0.15) is 5.52 Å². The molecule has 15 heavy (non-hydrogen) atoms. The second-order valence-corrected chi connectivity index (χ2v) is 3.53. The van der Waals surface area contributed by atoms with Crippen LogP contribution in [-0.2, 0) is 6.54 Å². The van der Waals surface area contributed by atoms with Gasteiger partial charge in [-0.1, -0.05) is 17.3 Å². The zero-order valence-corrected chi connectivity index (χ0v) is 8.17. The molecule has 3 nitrogen and oxygen atoms in total. The predicted octanol–water partition coefficient (Wildman–Crippen LogP) is 2.20. The van der Waals surface area contributed by atoms with Crippen molar-refractivity contribution in [3.63, 3.8) is 0 Å². The maximum Gasteiger partial charge on any atom is 0.113 e. The molecule has 0 saturated carbocycles. The monoisotopic (exact) mass is 196 g/mol. The van der Waals surface area contributed by atoms with E-state index < -0.39 is 0 Å². The molecular weight excluding hydrogens is 186 g/mol. The summed E-state index contributed by atoms with van der Waals surface area (Å²) in [7, 11) is 0. The molecule has 0 amide bonds. The number of para-hydroxylation sites is 1. The Morgan fingerprint density at radius 3 is 2.73 bits per heavy atom. The Kier molecular flexibility index (Phi) is 1.81. The van der Waals surface area contributed by atoms with Crippen LogP contribution in [0.2, 0.25) is 0 Å². The number of fused-ring (bicyclic) bond motifs is 1. The lowest BCUT2D eigenvalue weighted by Crippen LogP contribution is -2.00. The van der Waals surface area contributed by atoms with Gasteiger partial charge < -0.3 is 0 Å². The normalized spacial score (nSPS) is 10.9. The molecule has 2 aromatic carbocycles. The van der Waals surface area contributed by atoms with Crippen LogP contribution >= 0.6 is 0 Å². The summed E-state index contributed by atoms with van der Waals surface area (Å²) in [6.07, 6.45) is 0. The molecule has 74 valence electrons. The first-order valence-corrected chi connectivity index (χ1v) is 4.92. The summed E-state index contributed by atoms with van der Waals surface area (Å²) in [5.41, 5.74) is 3.29. The van der Waals surface area contributed by atoms with Gasteiger partial charge in [-0.05, 0) is 12.1 Å². The Balaban J connectivity index is 2.05. The minimum Gasteiger partial charge on any atom is -0.252 e. The highest BCUT2D eigenvalue weighted by Gasteiger charge is 2.00. The van der Waals surface area contributed by atoms with Crippen molar-refractivity contribution in [3.05, 3.63) is 54.1 Å². The SMILES string of the molecule is c1ccc2c(c1)nnn2C[c-]1cccc1. The summed E-state index contributed by atoms with van der Waals surface area (Å²) < 4.78 is 1.92. The average molecular weight is 196 g/mol. The van der Waals surface area contributed by atoms with Gasteiger partial charge in [-0.2, -0.15) is 12.1 Å². The molecule has 0 aliphatic carbocycles. The third kappa shape index (κ3) is 1.42. The smallest absolute Gasteiger partial charge is 0.113 e. The average Bonchev–Trinajstić information content (AvgIpc) is 2.89. The quantitative estimate of drug-likeness (QED) is 0.588. The van der Waals surface area contributed by atoms with Crippen molar-refractivity contribution in [1.82, 2.24) is 15.0 Å². The molecule has 0 bridgehead atoms. The largest absolute Gasteiger partial charge is 0.252 e. The highest BCUT2D eigenvalue weighted by molar-refractivity contribution is 5.73. The Morgan fingerprint density at radius 1 is 1.07 bits per heavy atom. The first kappa shape index (κ1) is 8.29. The summed E-state index contributed by atoms with van der Waals surface area (Å²) >= 11 is 0. The Morgan fingerprint density at radius 2 is 1.87 bits per heavy atom. The molecule has 0 aliphatic rings. The molecule has 0 aliphatic heterocycles. The summed E-state index contributed by atoms with van der Waals surface area (Å²) in [4.78, 5) is 0. The number of aromatic nitrogens is 3. The van der Waals surface area contributed by atoms with Crippen molar-refractivity contribution in [3.8, 4) is 0 Å². The number of hydrogen-bond acceptors (Lipinski definition) is 2. The number of benzene rings is 1. The molecule has 3 aromatic rings. The Bertz CT molecular complexity index is 563. The first-order chi connectivity index (χ1) is 7.43. The van der Waals surface area contributed by atoms with Gasteiger partial charge in [0.25, 0.3) is 0 Å². The van der Waals surface area contributed by atoms with Crippen molar-refractivity contribution in [1.29, 1.82) is 0 Å². The van der Waals surface area contributed by atoms with Gasteiger partial charge >= 0.3 is 0 Å². The lowest BCUT2D eigenvalue weighted by atomic mass is 10.3. The van der Waals surface area contributed by atoms with Gasteiger partial charge in [-0.15, -0.1) is 10.7 Å². The Hall–Kier alpha value is -2.03. The van der Waals surface area contributed by atoms with Crippen molar-refractivity contribution < 1.29 is 0 Å². The summed E-state index contributed by atoms with van der Waals surface area (Å²) in [6.45, 7) is 0.785. The van der Waals surface area contributed by atoms with Crippen molar-refractivity contribution >= 4 is 11.0 Å².